The molecule has 2 radical (unpaired) electrons. The second-order valence-electron chi connectivity index (χ2n) is 7.28. The Morgan fingerprint density at radius 3 is 2.67 bits per heavy atom. The minimum absolute atomic E-state index is 0.0101. The monoisotopic (exact) mass is 402 g/mol. The van der Waals surface area contributed by atoms with E-state index < -0.39 is 22.8 Å². The van der Waals surface area contributed by atoms with Crippen molar-refractivity contribution in [2.45, 2.75) is 31.8 Å². The number of carbonyl (C=O) groups is 2. The van der Waals surface area contributed by atoms with Gasteiger partial charge in [-0.25, -0.2) is 4.98 Å². The number of nitrogens with one attached hydrogen (secondary N) is 1. The first-order valence-electron chi connectivity index (χ1n) is 9.43. The summed E-state index contributed by atoms with van der Waals surface area (Å²) in [6.07, 6.45) is 0.0116. The van der Waals surface area contributed by atoms with Gasteiger partial charge in [-0.1, -0.05) is 30.3 Å². The molecule has 4 rings (SSSR count). The number of rotatable bonds is 4. The van der Waals surface area contributed by atoms with Gasteiger partial charge in [0.15, 0.2) is 0 Å². The third kappa shape index (κ3) is 3.32. The number of nitrogens with two attached hydrogens (primary N) is 1. The van der Waals surface area contributed by atoms with Gasteiger partial charge in [-0.15, -0.1) is 0 Å². The van der Waals surface area contributed by atoms with E-state index in [-0.39, 0.29) is 29.7 Å². The molecule has 0 bridgehead atoms. The fourth-order valence-electron chi connectivity index (χ4n) is 3.65. The van der Waals surface area contributed by atoms with Gasteiger partial charge < -0.3 is 10.5 Å². The molecule has 1 saturated heterocycles. The maximum absolute atomic E-state index is 13.2. The molecule has 1 aromatic heterocycles. The van der Waals surface area contributed by atoms with E-state index in [0.29, 0.717) is 17.9 Å². The number of ether oxygens (including phenoxy) is 1. The highest BCUT2D eigenvalue weighted by atomic mass is 16.5. The van der Waals surface area contributed by atoms with Crippen LogP contribution in [0.1, 0.15) is 24.2 Å². The van der Waals surface area contributed by atoms with E-state index in [1.165, 1.54) is 0 Å². The number of aromatic nitrogens is 2. The molecule has 3 N–H and O–H groups in total. The van der Waals surface area contributed by atoms with Gasteiger partial charge in [0.2, 0.25) is 11.8 Å². The van der Waals surface area contributed by atoms with Crippen LogP contribution in [0, 0.1) is 6.92 Å². The summed E-state index contributed by atoms with van der Waals surface area (Å²) in [4.78, 5) is 41.6. The second-order valence-corrected chi connectivity index (χ2v) is 7.28. The van der Waals surface area contributed by atoms with Gasteiger partial charge in [0.25, 0.3) is 5.56 Å². The van der Waals surface area contributed by atoms with Gasteiger partial charge in [-0.3, -0.25) is 24.3 Å². The van der Waals surface area contributed by atoms with Gasteiger partial charge in [-0.05, 0) is 18.9 Å². The van der Waals surface area contributed by atoms with Crippen molar-refractivity contribution in [3.8, 4) is 5.75 Å². The summed E-state index contributed by atoms with van der Waals surface area (Å²) in [5.74, 6) is -0.470. The molecule has 1 unspecified atom stereocenters. The molecule has 1 aliphatic heterocycles. The Hall–Kier alpha value is -3.62. The molecular formula is C21H19BN4O4. The van der Waals surface area contributed by atoms with E-state index in [2.05, 4.69) is 10.3 Å². The molecule has 0 aliphatic carbocycles. The van der Waals surface area contributed by atoms with Gasteiger partial charge >= 0.3 is 0 Å². The Balaban J connectivity index is 1.76. The number of piperidine rings is 1. The summed E-state index contributed by atoms with van der Waals surface area (Å²) >= 11 is 0. The van der Waals surface area contributed by atoms with Crippen LogP contribution >= 0.6 is 0 Å². The first-order valence-corrected chi connectivity index (χ1v) is 9.43. The lowest BCUT2D eigenvalue weighted by atomic mass is 9.71. The SMILES string of the molecule is [B]C1(n2c(C)nc3cc(OCc4ccccc4)cc(N)c3c2=O)CCC(=O)NC1=O. The first kappa shape index (κ1) is 19.7. The Morgan fingerprint density at radius 1 is 1.23 bits per heavy atom. The van der Waals surface area contributed by atoms with Crippen LogP contribution in [0.3, 0.4) is 0 Å². The van der Waals surface area contributed by atoms with Crippen LogP contribution in [-0.2, 0) is 21.6 Å². The predicted octanol–water partition coefficient (Wildman–Crippen LogP) is 1.12. The van der Waals surface area contributed by atoms with Crippen LogP contribution in [0.15, 0.2) is 47.3 Å². The largest absolute Gasteiger partial charge is 0.489 e. The Labute approximate surface area is 173 Å². The molecule has 1 aliphatic rings. The topological polar surface area (TPSA) is 116 Å². The molecule has 0 spiro atoms. The number of nitrogen functional groups attached to an aromatic ring is 1. The molecule has 2 amide bonds. The molecule has 1 fully saturated rings. The highest BCUT2D eigenvalue weighted by molar-refractivity contribution is 6.28. The third-order valence-electron chi connectivity index (χ3n) is 5.17. The van der Waals surface area contributed by atoms with Crippen LogP contribution in [0.2, 0.25) is 0 Å². The van der Waals surface area contributed by atoms with Crippen molar-refractivity contribution in [2.24, 2.45) is 0 Å². The molecule has 2 aromatic carbocycles. The van der Waals surface area contributed by atoms with Crippen molar-refractivity contribution in [3.63, 3.8) is 0 Å². The fraction of sp³-hybridized carbons (Fsp3) is 0.238. The average Bonchev–Trinajstić information content (AvgIpc) is 2.70. The molecule has 1 atom stereocenters. The number of fused-ring (bicyclic) bond motifs is 1. The summed E-state index contributed by atoms with van der Waals surface area (Å²) in [6.45, 7) is 1.91. The zero-order valence-electron chi connectivity index (χ0n) is 16.3. The molecule has 30 heavy (non-hydrogen) atoms. The van der Waals surface area contributed by atoms with Crippen LogP contribution in [0.25, 0.3) is 10.9 Å². The quantitative estimate of drug-likeness (QED) is 0.384. The third-order valence-corrected chi connectivity index (χ3v) is 5.17. The highest BCUT2D eigenvalue weighted by Crippen LogP contribution is 2.28. The number of carbonyl (C=O) groups excluding carboxylic acids is 2. The number of imide groups is 1. The Bertz CT molecular complexity index is 1230. The lowest BCUT2D eigenvalue weighted by molar-refractivity contribution is -0.137. The van der Waals surface area contributed by atoms with Gasteiger partial charge in [-0.2, -0.15) is 0 Å². The number of nitrogens with zero attached hydrogens (tertiary/aromatic N) is 2. The highest BCUT2D eigenvalue weighted by Gasteiger charge is 2.41. The minimum atomic E-state index is -1.72. The molecule has 0 saturated carbocycles. The molecule has 8 nitrogen and oxygen atoms in total. The normalized spacial score (nSPS) is 19.0. The molecule has 150 valence electrons. The van der Waals surface area contributed by atoms with E-state index in [9.17, 15) is 14.4 Å². The van der Waals surface area contributed by atoms with E-state index in [0.717, 1.165) is 10.1 Å². The van der Waals surface area contributed by atoms with Crippen molar-refractivity contribution in [1.29, 1.82) is 0 Å². The zero-order valence-corrected chi connectivity index (χ0v) is 16.3. The summed E-state index contributed by atoms with van der Waals surface area (Å²) in [6, 6.07) is 12.8. The average molecular weight is 402 g/mol. The number of amides is 2. The summed E-state index contributed by atoms with van der Waals surface area (Å²) < 4.78 is 6.91. The molecule has 2 heterocycles. The number of aryl methyl sites for hydroxylation is 1. The zero-order chi connectivity index (χ0) is 21.5. The lowest BCUT2D eigenvalue weighted by Crippen LogP contribution is -2.58. The number of hydrogen-bond donors (Lipinski definition) is 2. The smallest absolute Gasteiger partial charge is 0.263 e. The number of hydrogen-bond acceptors (Lipinski definition) is 6. The predicted molar refractivity (Wildman–Crippen MR) is 112 cm³/mol. The Kier molecular flexibility index (Phi) is 4.81. The van der Waals surface area contributed by atoms with E-state index in [1.807, 2.05) is 30.3 Å². The van der Waals surface area contributed by atoms with Crippen LogP contribution < -0.4 is 21.3 Å². The fourth-order valence-corrected chi connectivity index (χ4v) is 3.65. The minimum Gasteiger partial charge on any atom is -0.489 e. The standard InChI is InChI=1S/C21H19BN4O4/c1-12-24-16-10-14(30-11-13-5-3-2-4-6-13)9-15(23)18(16)19(28)26(12)21(22)8-7-17(27)25-20(21)29/h2-6,9-10H,7-8,11,23H2,1H3,(H,25,27,29). The van der Waals surface area contributed by atoms with Crippen molar-refractivity contribution in [2.75, 3.05) is 5.73 Å². The molecule has 9 heteroatoms. The Morgan fingerprint density at radius 2 is 1.97 bits per heavy atom. The molecule has 3 aromatic rings. The van der Waals surface area contributed by atoms with Gasteiger partial charge in [0.1, 0.15) is 26.0 Å². The lowest BCUT2D eigenvalue weighted by Gasteiger charge is -2.35. The van der Waals surface area contributed by atoms with Crippen LogP contribution in [-0.4, -0.2) is 29.2 Å². The van der Waals surface area contributed by atoms with Gasteiger partial charge in [0, 0.05) is 18.6 Å². The van der Waals surface area contributed by atoms with Crippen LogP contribution in [0.5, 0.6) is 5.75 Å². The van der Waals surface area contributed by atoms with Crippen LogP contribution in [0.4, 0.5) is 5.69 Å². The maximum Gasteiger partial charge on any atom is 0.263 e. The van der Waals surface area contributed by atoms with Crippen molar-refractivity contribution < 1.29 is 14.3 Å². The summed E-state index contributed by atoms with van der Waals surface area (Å²) in [7, 11) is 6.26. The molecular weight excluding hydrogens is 383 g/mol. The van der Waals surface area contributed by atoms with Crippen molar-refractivity contribution in [3.05, 3.63) is 64.2 Å². The maximum atomic E-state index is 13.2. The second kappa shape index (κ2) is 7.33. The van der Waals surface area contributed by atoms with E-state index >= 15 is 0 Å². The number of benzene rings is 2. The first-order chi connectivity index (χ1) is 14.3. The summed E-state index contributed by atoms with van der Waals surface area (Å²) in [5, 5.41) is 2.33. The van der Waals surface area contributed by atoms with E-state index in [1.54, 1.807) is 19.1 Å². The van der Waals surface area contributed by atoms with Crippen molar-refractivity contribution >= 4 is 36.3 Å². The van der Waals surface area contributed by atoms with Gasteiger partial charge in [0.05, 0.1) is 22.0 Å². The summed E-state index contributed by atoms with van der Waals surface area (Å²) in [5.41, 5.74) is 5.37. The number of anilines is 1. The van der Waals surface area contributed by atoms with E-state index in [4.69, 9.17) is 18.3 Å². The van der Waals surface area contributed by atoms with Crippen molar-refractivity contribution in [1.82, 2.24) is 14.9 Å².